The molecule has 0 amide bonds. The van der Waals surface area contributed by atoms with Crippen molar-refractivity contribution < 1.29 is 14.2 Å². The van der Waals surface area contributed by atoms with Gasteiger partial charge in [0.25, 0.3) is 0 Å². The van der Waals surface area contributed by atoms with Crippen LogP contribution in [-0.2, 0) is 16.2 Å². The largest absolute Gasteiger partial charge is 0.486 e. The third-order valence-electron chi connectivity index (χ3n) is 18.7. The molecule has 7 aromatic carbocycles. The summed E-state index contributed by atoms with van der Waals surface area (Å²) in [5.74, 6) is 3.22. The zero-order valence-electron chi connectivity index (χ0n) is 36.9. The maximum Gasteiger partial charge on any atom is 0.124 e. The summed E-state index contributed by atoms with van der Waals surface area (Å²) >= 11 is 0. The van der Waals surface area contributed by atoms with Crippen LogP contribution in [0.5, 0.6) is 17.2 Å². The van der Waals surface area contributed by atoms with Gasteiger partial charge in [-0.15, -0.1) is 0 Å². The van der Waals surface area contributed by atoms with Crippen molar-refractivity contribution in [1.82, 2.24) is 0 Å². The lowest BCUT2D eigenvalue weighted by atomic mass is 9.62. The summed E-state index contributed by atoms with van der Waals surface area (Å²) in [5, 5.41) is 7.94. The van der Waals surface area contributed by atoms with Crippen molar-refractivity contribution in [2.24, 2.45) is 0 Å². The van der Waals surface area contributed by atoms with E-state index in [2.05, 4.69) is 139 Å². The quantitative estimate of drug-likeness (QED) is 0.167. The average Bonchev–Trinajstić information content (AvgIpc) is 3.76. The van der Waals surface area contributed by atoms with Crippen LogP contribution in [0.25, 0.3) is 65.7 Å². The van der Waals surface area contributed by atoms with Crippen LogP contribution in [-0.4, -0.2) is 16.8 Å². The molecule has 13 rings (SSSR count). The van der Waals surface area contributed by atoms with Gasteiger partial charge in [0, 0.05) is 32.9 Å². The molecule has 6 aliphatic rings. The highest BCUT2D eigenvalue weighted by Gasteiger charge is 2.57. The van der Waals surface area contributed by atoms with Gasteiger partial charge in [0.05, 0.1) is 0 Å². The fraction of sp³-hybridized carbons (Fsp3) is 0.414. The molecule has 3 heterocycles. The Kier molecular flexibility index (Phi) is 7.15. The van der Waals surface area contributed by atoms with Crippen LogP contribution in [0.1, 0.15) is 135 Å². The molecule has 0 N–H and O–H groups in total. The molecule has 3 fully saturated rings. The molecular formula is C58H58O3. The number of benzene rings is 7. The summed E-state index contributed by atoms with van der Waals surface area (Å²) < 4.78 is 20.6. The van der Waals surface area contributed by atoms with Crippen molar-refractivity contribution >= 4 is 32.3 Å². The molecule has 6 unspecified atom stereocenters. The van der Waals surface area contributed by atoms with Gasteiger partial charge in [0.1, 0.15) is 34.1 Å². The maximum absolute atomic E-state index is 6.87. The third-order valence-corrected chi connectivity index (χ3v) is 18.7. The molecule has 3 saturated carbocycles. The Morgan fingerprint density at radius 1 is 0.344 bits per heavy atom. The van der Waals surface area contributed by atoms with E-state index in [1.54, 1.807) is 0 Å². The first-order valence-corrected chi connectivity index (χ1v) is 23.6. The first-order chi connectivity index (χ1) is 29.4. The van der Waals surface area contributed by atoms with E-state index in [1.807, 2.05) is 0 Å². The second-order valence-electron chi connectivity index (χ2n) is 21.6. The number of hydrogen-bond donors (Lipinski definition) is 0. The van der Waals surface area contributed by atoms with Gasteiger partial charge in [-0.2, -0.15) is 0 Å². The zero-order chi connectivity index (χ0) is 41.3. The highest BCUT2D eigenvalue weighted by molar-refractivity contribution is 6.30. The van der Waals surface area contributed by atoms with Crippen LogP contribution in [0.2, 0.25) is 0 Å². The lowest BCUT2D eigenvalue weighted by Crippen LogP contribution is -2.49. The molecule has 0 aromatic heterocycles. The Bertz CT molecular complexity index is 2930. The molecule has 3 heteroatoms. The monoisotopic (exact) mass is 802 g/mol. The average molecular weight is 803 g/mol. The lowest BCUT2D eigenvalue weighted by Gasteiger charge is -2.43. The number of rotatable bonds is 3. The molecule has 0 saturated heterocycles. The standard InChI is InChI=1S/C58H58O3/c1-53-25-7-10-28-56(53,4)59-48-22-15-36(31-45(48)53)39-18-13-35-14-19-41-43(37-16-23-49-46(32-37)54(2)26-8-11-29-57(54,5)60-49)34-44(42-21-20-40(39)51(35)52(41)42)38-17-24-50-47(33-38)55(3)27-9-12-30-58(55,6)61-50/h13-24,31-34H,7-12,25-30H2,1-6H3. The molecular weight excluding hydrogens is 745 g/mol. The van der Waals surface area contributed by atoms with Crippen molar-refractivity contribution in [2.45, 2.75) is 152 Å². The fourth-order valence-electron chi connectivity index (χ4n) is 14.2. The predicted molar refractivity (Wildman–Crippen MR) is 251 cm³/mol. The van der Waals surface area contributed by atoms with Crippen LogP contribution in [0, 0.1) is 0 Å². The summed E-state index contributed by atoms with van der Waals surface area (Å²) in [4.78, 5) is 0. The number of hydrogen-bond acceptors (Lipinski definition) is 3. The van der Waals surface area contributed by atoms with Gasteiger partial charge >= 0.3 is 0 Å². The zero-order valence-corrected chi connectivity index (χ0v) is 36.9. The van der Waals surface area contributed by atoms with Gasteiger partial charge in [-0.25, -0.2) is 0 Å². The van der Waals surface area contributed by atoms with Gasteiger partial charge in [-0.05, 0) is 187 Å². The molecule has 3 aliphatic carbocycles. The first kappa shape index (κ1) is 36.6. The van der Waals surface area contributed by atoms with Crippen molar-refractivity contribution in [3.63, 3.8) is 0 Å². The minimum atomic E-state index is -0.163. The van der Waals surface area contributed by atoms with Crippen molar-refractivity contribution in [1.29, 1.82) is 0 Å². The molecule has 61 heavy (non-hydrogen) atoms. The topological polar surface area (TPSA) is 27.7 Å². The van der Waals surface area contributed by atoms with E-state index in [-0.39, 0.29) is 33.0 Å². The van der Waals surface area contributed by atoms with Gasteiger partial charge in [-0.1, -0.05) is 94.6 Å². The normalized spacial score (nSPS) is 32.1. The van der Waals surface area contributed by atoms with E-state index < -0.39 is 0 Å². The summed E-state index contributed by atoms with van der Waals surface area (Å²) in [6.45, 7) is 14.4. The molecule has 3 nitrogen and oxygen atoms in total. The van der Waals surface area contributed by atoms with Crippen LogP contribution in [0.3, 0.4) is 0 Å². The molecule has 7 aromatic rings. The van der Waals surface area contributed by atoms with Crippen LogP contribution >= 0.6 is 0 Å². The van der Waals surface area contributed by atoms with Crippen molar-refractivity contribution in [2.75, 3.05) is 0 Å². The maximum atomic E-state index is 6.87. The van der Waals surface area contributed by atoms with E-state index in [0.29, 0.717) is 0 Å². The highest BCUT2D eigenvalue weighted by Crippen LogP contribution is 2.60. The van der Waals surface area contributed by atoms with E-state index in [0.717, 1.165) is 49.4 Å². The van der Waals surface area contributed by atoms with E-state index in [9.17, 15) is 0 Å². The Labute approximate surface area is 361 Å². The van der Waals surface area contributed by atoms with Gasteiger partial charge in [0.2, 0.25) is 0 Å². The predicted octanol–water partition coefficient (Wildman–Crippen LogP) is 15.5. The summed E-state index contributed by atoms with van der Waals surface area (Å²) in [6, 6.07) is 38.2. The van der Waals surface area contributed by atoms with Crippen LogP contribution in [0.15, 0.2) is 97.1 Å². The Morgan fingerprint density at radius 2 is 0.705 bits per heavy atom. The number of ether oxygens (including phenoxy) is 3. The fourth-order valence-corrected chi connectivity index (χ4v) is 14.2. The van der Waals surface area contributed by atoms with Crippen molar-refractivity contribution in [3.8, 4) is 50.6 Å². The minimum absolute atomic E-state index is 0.00673. The van der Waals surface area contributed by atoms with Gasteiger partial charge in [0.15, 0.2) is 0 Å². The molecule has 6 atom stereocenters. The Hall–Kier alpha value is -5.02. The molecule has 0 spiro atoms. The number of fused-ring (bicyclic) bond motifs is 9. The smallest absolute Gasteiger partial charge is 0.124 e. The Balaban J connectivity index is 1.05. The third kappa shape index (κ3) is 4.56. The minimum Gasteiger partial charge on any atom is -0.486 e. The Morgan fingerprint density at radius 3 is 1.15 bits per heavy atom. The van der Waals surface area contributed by atoms with E-state index in [1.165, 1.54) is 127 Å². The molecule has 0 radical (unpaired) electrons. The first-order valence-electron chi connectivity index (χ1n) is 23.6. The van der Waals surface area contributed by atoms with Gasteiger partial charge in [-0.3, -0.25) is 0 Å². The van der Waals surface area contributed by atoms with E-state index in [4.69, 9.17) is 14.2 Å². The SMILES string of the molecule is CC12CCCCC1(C)c1cc(-c3ccc4ccc5c(-c6ccc7c(c6)C6(C)CCCCC6(C)O7)cc(-c6ccc7c(c6)C6(C)CCCCC6(C)O7)c6ccc3c4c56)ccc1O2. The molecule has 308 valence electrons. The summed E-state index contributed by atoms with van der Waals surface area (Å²) in [7, 11) is 0. The summed E-state index contributed by atoms with van der Waals surface area (Å²) in [6.07, 6.45) is 14.3. The molecule has 3 aliphatic heterocycles. The van der Waals surface area contributed by atoms with Gasteiger partial charge < -0.3 is 14.2 Å². The van der Waals surface area contributed by atoms with Crippen LogP contribution in [0.4, 0.5) is 0 Å². The van der Waals surface area contributed by atoms with E-state index >= 15 is 0 Å². The lowest BCUT2D eigenvalue weighted by molar-refractivity contribution is 0.00727. The second-order valence-corrected chi connectivity index (χ2v) is 21.6. The second kappa shape index (κ2) is 11.9. The van der Waals surface area contributed by atoms with Crippen LogP contribution < -0.4 is 14.2 Å². The van der Waals surface area contributed by atoms with Crippen molar-refractivity contribution in [3.05, 3.63) is 114 Å². The summed E-state index contributed by atoms with van der Waals surface area (Å²) in [5.41, 5.74) is 11.4. The highest BCUT2D eigenvalue weighted by atomic mass is 16.5. The molecule has 0 bridgehead atoms.